The van der Waals surface area contributed by atoms with E-state index in [2.05, 4.69) is 9.98 Å². The summed E-state index contributed by atoms with van der Waals surface area (Å²) in [5, 5.41) is 0. The fourth-order valence-corrected chi connectivity index (χ4v) is 1.15. The molecule has 11 heavy (non-hydrogen) atoms. The van der Waals surface area contributed by atoms with Crippen LogP contribution >= 0.6 is 0 Å². The quantitative estimate of drug-likeness (QED) is 0.414. The molecular formula is C8H15N3. The molecule has 0 amide bonds. The van der Waals surface area contributed by atoms with Crippen molar-refractivity contribution in [2.75, 3.05) is 6.54 Å². The molecule has 0 atom stereocenters. The highest BCUT2D eigenvalue weighted by atomic mass is 15.0. The van der Waals surface area contributed by atoms with Gasteiger partial charge >= 0.3 is 0 Å². The summed E-state index contributed by atoms with van der Waals surface area (Å²) in [6.45, 7) is 2.72. The van der Waals surface area contributed by atoms with Gasteiger partial charge in [0.15, 0.2) is 0 Å². The number of nitrogens with zero attached hydrogens (tertiary/aromatic N) is 2. The molecule has 1 rings (SSSR count). The van der Waals surface area contributed by atoms with E-state index in [1.165, 1.54) is 19.3 Å². The van der Waals surface area contributed by atoms with Crippen LogP contribution in [-0.2, 0) is 0 Å². The molecule has 3 nitrogen and oxygen atoms in total. The van der Waals surface area contributed by atoms with Crippen LogP contribution in [0, 0.1) is 0 Å². The molecule has 0 fully saturated rings. The SMILES string of the molecule is CC(N)=NC1=NCCCCC1. The Balaban J connectivity index is 2.54. The van der Waals surface area contributed by atoms with E-state index in [1.54, 1.807) is 6.92 Å². The lowest BCUT2D eigenvalue weighted by Gasteiger charge is -1.95. The summed E-state index contributed by atoms with van der Waals surface area (Å²) >= 11 is 0. The molecule has 0 spiro atoms. The second kappa shape index (κ2) is 4.11. The minimum absolute atomic E-state index is 0.616. The molecule has 3 heteroatoms. The van der Waals surface area contributed by atoms with Crippen molar-refractivity contribution in [2.45, 2.75) is 32.6 Å². The predicted molar refractivity (Wildman–Crippen MR) is 48.1 cm³/mol. The highest BCUT2D eigenvalue weighted by Gasteiger charge is 2.01. The molecule has 0 aromatic heterocycles. The van der Waals surface area contributed by atoms with Gasteiger partial charge in [0.25, 0.3) is 0 Å². The Labute approximate surface area is 67.4 Å². The maximum absolute atomic E-state index is 5.44. The van der Waals surface area contributed by atoms with E-state index in [1.807, 2.05) is 0 Å². The summed E-state index contributed by atoms with van der Waals surface area (Å²) in [7, 11) is 0. The van der Waals surface area contributed by atoms with Crippen LogP contribution in [0.25, 0.3) is 0 Å². The van der Waals surface area contributed by atoms with E-state index < -0.39 is 0 Å². The van der Waals surface area contributed by atoms with Crippen LogP contribution in [0.3, 0.4) is 0 Å². The van der Waals surface area contributed by atoms with Crippen LogP contribution in [0.15, 0.2) is 9.98 Å². The Morgan fingerprint density at radius 2 is 2.27 bits per heavy atom. The first-order chi connectivity index (χ1) is 5.29. The molecule has 0 aromatic carbocycles. The molecule has 1 aliphatic heterocycles. The Morgan fingerprint density at radius 3 is 3.00 bits per heavy atom. The minimum Gasteiger partial charge on any atom is -0.387 e. The molecule has 62 valence electrons. The van der Waals surface area contributed by atoms with Crippen LogP contribution in [0.5, 0.6) is 0 Å². The van der Waals surface area contributed by atoms with Crippen LogP contribution in [-0.4, -0.2) is 18.2 Å². The summed E-state index contributed by atoms with van der Waals surface area (Å²) in [5.74, 6) is 1.55. The second-order valence-electron chi connectivity index (χ2n) is 2.86. The zero-order valence-electron chi connectivity index (χ0n) is 7.01. The Hall–Kier alpha value is -0.860. The summed E-state index contributed by atoms with van der Waals surface area (Å²) in [4.78, 5) is 8.45. The van der Waals surface area contributed by atoms with E-state index in [4.69, 9.17) is 5.73 Å². The third kappa shape index (κ3) is 3.16. The first-order valence-electron chi connectivity index (χ1n) is 4.13. The predicted octanol–water partition coefficient (Wildman–Crippen LogP) is 1.34. The average Bonchev–Trinajstić information content (AvgIpc) is 2.14. The standard InChI is InChI=1S/C8H15N3/c1-7(9)11-8-5-3-2-4-6-10-8/h2-6H2,1H3,(H2,9,10,11). The Kier molecular flexibility index (Phi) is 3.08. The van der Waals surface area contributed by atoms with Gasteiger partial charge in [-0.1, -0.05) is 6.42 Å². The summed E-state index contributed by atoms with van der Waals surface area (Å²) < 4.78 is 0. The molecule has 0 bridgehead atoms. The lowest BCUT2D eigenvalue weighted by Crippen LogP contribution is -2.09. The fraction of sp³-hybridized carbons (Fsp3) is 0.750. The van der Waals surface area contributed by atoms with Crippen LogP contribution < -0.4 is 5.73 Å². The summed E-state index contributed by atoms with van der Waals surface area (Å²) in [6.07, 6.45) is 4.67. The Bertz CT molecular complexity index is 178. The zero-order chi connectivity index (χ0) is 8.10. The van der Waals surface area contributed by atoms with Gasteiger partial charge in [0.05, 0.1) is 5.84 Å². The first kappa shape index (κ1) is 8.24. The fourth-order valence-electron chi connectivity index (χ4n) is 1.15. The molecule has 0 saturated heterocycles. The molecule has 1 heterocycles. The van der Waals surface area contributed by atoms with E-state index in [0.717, 1.165) is 18.8 Å². The van der Waals surface area contributed by atoms with E-state index in [9.17, 15) is 0 Å². The topological polar surface area (TPSA) is 50.7 Å². The van der Waals surface area contributed by atoms with E-state index >= 15 is 0 Å². The summed E-state index contributed by atoms with van der Waals surface area (Å²) in [5.41, 5.74) is 5.44. The van der Waals surface area contributed by atoms with Gasteiger partial charge in [-0.2, -0.15) is 0 Å². The largest absolute Gasteiger partial charge is 0.387 e. The van der Waals surface area contributed by atoms with Crippen molar-refractivity contribution in [1.29, 1.82) is 0 Å². The van der Waals surface area contributed by atoms with Crippen molar-refractivity contribution < 1.29 is 0 Å². The molecule has 1 aliphatic rings. The monoisotopic (exact) mass is 153 g/mol. The summed E-state index contributed by atoms with van der Waals surface area (Å²) in [6, 6.07) is 0. The van der Waals surface area contributed by atoms with Crippen molar-refractivity contribution in [1.82, 2.24) is 0 Å². The minimum atomic E-state index is 0.616. The van der Waals surface area contributed by atoms with Gasteiger partial charge in [-0.15, -0.1) is 0 Å². The Morgan fingerprint density at radius 1 is 1.45 bits per heavy atom. The number of amidine groups is 2. The molecular weight excluding hydrogens is 138 g/mol. The highest BCUT2D eigenvalue weighted by molar-refractivity contribution is 5.95. The van der Waals surface area contributed by atoms with Crippen molar-refractivity contribution >= 4 is 11.7 Å². The molecule has 0 unspecified atom stereocenters. The van der Waals surface area contributed by atoms with Crippen molar-refractivity contribution in [2.24, 2.45) is 15.7 Å². The van der Waals surface area contributed by atoms with Crippen LogP contribution in [0.1, 0.15) is 32.6 Å². The first-order valence-corrected chi connectivity index (χ1v) is 4.13. The van der Waals surface area contributed by atoms with Crippen molar-refractivity contribution in [3.8, 4) is 0 Å². The zero-order valence-corrected chi connectivity index (χ0v) is 7.01. The molecule has 0 radical (unpaired) electrons. The third-order valence-corrected chi connectivity index (χ3v) is 1.66. The van der Waals surface area contributed by atoms with Crippen molar-refractivity contribution in [3.63, 3.8) is 0 Å². The molecule has 2 N–H and O–H groups in total. The average molecular weight is 153 g/mol. The van der Waals surface area contributed by atoms with Gasteiger partial charge in [0, 0.05) is 13.0 Å². The van der Waals surface area contributed by atoms with Gasteiger partial charge in [-0.05, 0) is 19.8 Å². The third-order valence-electron chi connectivity index (χ3n) is 1.66. The molecule has 0 aromatic rings. The number of nitrogens with two attached hydrogens (primary N) is 1. The van der Waals surface area contributed by atoms with Gasteiger partial charge in [0.2, 0.25) is 0 Å². The van der Waals surface area contributed by atoms with E-state index in [0.29, 0.717) is 5.84 Å². The molecule has 0 aliphatic carbocycles. The lowest BCUT2D eigenvalue weighted by molar-refractivity contribution is 0.731. The van der Waals surface area contributed by atoms with Gasteiger partial charge in [0.1, 0.15) is 5.84 Å². The number of aliphatic imine (C=N–C) groups is 2. The maximum Gasteiger partial charge on any atom is 0.125 e. The number of hydrogen-bond acceptors (Lipinski definition) is 2. The van der Waals surface area contributed by atoms with E-state index in [-0.39, 0.29) is 0 Å². The van der Waals surface area contributed by atoms with Crippen LogP contribution in [0.4, 0.5) is 0 Å². The van der Waals surface area contributed by atoms with Crippen molar-refractivity contribution in [3.05, 3.63) is 0 Å². The maximum atomic E-state index is 5.44. The smallest absolute Gasteiger partial charge is 0.125 e. The van der Waals surface area contributed by atoms with Gasteiger partial charge < -0.3 is 5.73 Å². The normalized spacial score (nSPS) is 20.8. The van der Waals surface area contributed by atoms with Gasteiger partial charge in [-0.3, -0.25) is 4.99 Å². The highest BCUT2D eigenvalue weighted by Crippen LogP contribution is 2.07. The van der Waals surface area contributed by atoms with Gasteiger partial charge in [-0.25, -0.2) is 4.99 Å². The van der Waals surface area contributed by atoms with Crippen LogP contribution in [0.2, 0.25) is 0 Å². The second-order valence-corrected chi connectivity index (χ2v) is 2.86. The number of rotatable bonds is 0. The lowest BCUT2D eigenvalue weighted by atomic mass is 10.2. The number of hydrogen-bond donors (Lipinski definition) is 1. The molecule has 0 saturated carbocycles.